The lowest BCUT2D eigenvalue weighted by molar-refractivity contribution is 0.170. The van der Waals surface area contributed by atoms with Gasteiger partial charge in [-0.2, -0.15) is 11.3 Å². The second kappa shape index (κ2) is 5.27. The van der Waals surface area contributed by atoms with Crippen molar-refractivity contribution in [1.29, 1.82) is 0 Å². The van der Waals surface area contributed by atoms with E-state index in [2.05, 4.69) is 24.2 Å². The molecule has 16 heavy (non-hydrogen) atoms. The molecule has 1 aliphatic heterocycles. The Balaban J connectivity index is 1.76. The van der Waals surface area contributed by atoms with E-state index in [-0.39, 0.29) is 6.10 Å². The summed E-state index contributed by atoms with van der Waals surface area (Å²) in [5.74, 6) is 0. The minimum Gasteiger partial charge on any atom is -0.387 e. The molecule has 4 heteroatoms. The van der Waals surface area contributed by atoms with Gasteiger partial charge in [0.25, 0.3) is 0 Å². The Kier molecular flexibility index (Phi) is 3.97. The van der Waals surface area contributed by atoms with Crippen LogP contribution in [0.15, 0.2) is 16.8 Å². The Morgan fingerprint density at radius 1 is 1.69 bits per heavy atom. The number of aliphatic hydroxyl groups is 1. The quantitative estimate of drug-likeness (QED) is 0.836. The van der Waals surface area contributed by atoms with Crippen LogP contribution in [-0.2, 0) is 0 Å². The number of likely N-dealkylation sites (tertiary alicyclic amines) is 1. The van der Waals surface area contributed by atoms with Crippen molar-refractivity contribution in [1.82, 2.24) is 10.2 Å². The van der Waals surface area contributed by atoms with E-state index in [4.69, 9.17) is 0 Å². The Hall–Kier alpha value is -0.420. The molecule has 0 amide bonds. The average molecular weight is 240 g/mol. The zero-order valence-corrected chi connectivity index (χ0v) is 10.7. The summed E-state index contributed by atoms with van der Waals surface area (Å²) in [6, 6.07) is 3.16. The maximum absolute atomic E-state index is 9.93. The van der Waals surface area contributed by atoms with E-state index < -0.39 is 0 Å². The third-order valence-electron chi connectivity index (χ3n) is 3.41. The molecule has 0 saturated carbocycles. The predicted octanol–water partition coefficient (Wildman–Crippen LogP) is 1.46. The molecule has 1 aromatic rings. The molecule has 2 N–H and O–H groups in total. The standard InChI is InChI=1S/C12H20N2OS/c1-9-5-11(7-14(9)2)13-6-12(15)10-3-4-16-8-10/h3-4,8-9,11-13,15H,5-7H2,1-2H3. The van der Waals surface area contributed by atoms with Crippen LogP contribution in [0.1, 0.15) is 25.0 Å². The second-order valence-corrected chi connectivity index (χ2v) is 5.48. The van der Waals surface area contributed by atoms with Gasteiger partial charge in [0, 0.05) is 25.2 Å². The maximum Gasteiger partial charge on any atom is 0.0922 e. The molecule has 1 aliphatic rings. The summed E-state index contributed by atoms with van der Waals surface area (Å²) < 4.78 is 0. The molecule has 3 unspecified atom stereocenters. The van der Waals surface area contributed by atoms with Crippen molar-refractivity contribution in [2.24, 2.45) is 0 Å². The molecule has 2 heterocycles. The highest BCUT2D eigenvalue weighted by Crippen LogP contribution is 2.18. The molecule has 1 saturated heterocycles. The molecular formula is C12H20N2OS. The number of nitrogens with zero attached hydrogens (tertiary/aromatic N) is 1. The Morgan fingerprint density at radius 2 is 2.50 bits per heavy atom. The molecular weight excluding hydrogens is 220 g/mol. The molecule has 2 rings (SSSR count). The summed E-state index contributed by atoms with van der Waals surface area (Å²) in [6.07, 6.45) is 0.805. The van der Waals surface area contributed by atoms with Gasteiger partial charge in [-0.15, -0.1) is 0 Å². The summed E-state index contributed by atoms with van der Waals surface area (Å²) >= 11 is 1.63. The number of aliphatic hydroxyl groups excluding tert-OH is 1. The summed E-state index contributed by atoms with van der Waals surface area (Å²) in [5, 5.41) is 17.4. The van der Waals surface area contributed by atoms with Crippen molar-refractivity contribution in [3.8, 4) is 0 Å². The smallest absolute Gasteiger partial charge is 0.0922 e. The van der Waals surface area contributed by atoms with E-state index in [0.717, 1.165) is 12.1 Å². The van der Waals surface area contributed by atoms with Gasteiger partial charge in [0.15, 0.2) is 0 Å². The van der Waals surface area contributed by atoms with E-state index in [0.29, 0.717) is 18.6 Å². The van der Waals surface area contributed by atoms with Gasteiger partial charge >= 0.3 is 0 Å². The zero-order chi connectivity index (χ0) is 11.5. The Morgan fingerprint density at radius 3 is 3.06 bits per heavy atom. The van der Waals surface area contributed by atoms with Gasteiger partial charge in [0.1, 0.15) is 0 Å². The van der Waals surface area contributed by atoms with Crippen molar-refractivity contribution < 1.29 is 5.11 Å². The number of hydrogen-bond acceptors (Lipinski definition) is 4. The third-order valence-corrected chi connectivity index (χ3v) is 4.12. The van der Waals surface area contributed by atoms with Crippen molar-refractivity contribution in [2.75, 3.05) is 20.1 Å². The normalized spacial score (nSPS) is 28.4. The van der Waals surface area contributed by atoms with Crippen LogP contribution in [-0.4, -0.2) is 42.2 Å². The molecule has 0 radical (unpaired) electrons. The van der Waals surface area contributed by atoms with Crippen molar-refractivity contribution in [3.05, 3.63) is 22.4 Å². The summed E-state index contributed by atoms with van der Waals surface area (Å²) in [6.45, 7) is 3.98. The zero-order valence-electron chi connectivity index (χ0n) is 9.89. The second-order valence-electron chi connectivity index (χ2n) is 4.70. The minimum atomic E-state index is -0.368. The van der Waals surface area contributed by atoms with Crippen LogP contribution in [0.4, 0.5) is 0 Å². The fraction of sp³-hybridized carbons (Fsp3) is 0.667. The molecule has 0 spiro atoms. The number of likely N-dealkylation sites (N-methyl/N-ethyl adjacent to an activating group) is 1. The Bertz CT molecular complexity index is 305. The van der Waals surface area contributed by atoms with Gasteiger partial charge in [-0.05, 0) is 42.8 Å². The molecule has 1 aromatic heterocycles. The van der Waals surface area contributed by atoms with Crippen LogP contribution in [0.2, 0.25) is 0 Å². The number of hydrogen-bond donors (Lipinski definition) is 2. The van der Waals surface area contributed by atoms with Crippen LogP contribution in [0.3, 0.4) is 0 Å². The van der Waals surface area contributed by atoms with Crippen LogP contribution in [0.5, 0.6) is 0 Å². The molecule has 0 aromatic carbocycles. The highest BCUT2D eigenvalue weighted by Gasteiger charge is 2.26. The Labute approximate surface area is 101 Å². The van der Waals surface area contributed by atoms with Crippen molar-refractivity contribution >= 4 is 11.3 Å². The van der Waals surface area contributed by atoms with Gasteiger partial charge in [-0.3, -0.25) is 0 Å². The van der Waals surface area contributed by atoms with E-state index >= 15 is 0 Å². The molecule has 3 atom stereocenters. The first-order valence-electron chi connectivity index (χ1n) is 5.80. The number of nitrogens with one attached hydrogen (secondary N) is 1. The van der Waals surface area contributed by atoms with Crippen LogP contribution in [0.25, 0.3) is 0 Å². The number of rotatable bonds is 4. The molecule has 3 nitrogen and oxygen atoms in total. The monoisotopic (exact) mass is 240 g/mol. The van der Waals surface area contributed by atoms with Gasteiger partial charge < -0.3 is 15.3 Å². The van der Waals surface area contributed by atoms with Gasteiger partial charge in [0.2, 0.25) is 0 Å². The topological polar surface area (TPSA) is 35.5 Å². The fourth-order valence-electron chi connectivity index (χ4n) is 2.20. The largest absolute Gasteiger partial charge is 0.387 e. The fourth-order valence-corrected chi connectivity index (χ4v) is 2.91. The van der Waals surface area contributed by atoms with Gasteiger partial charge in [-0.25, -0.2) is 0 Å². The summed E-state index contributed by atoms with van der Waals surface area (Å²) in [4.78, 5) is 2.36. The van der Waals surface area contributed by atoms with Gasteiger partial charge in [0.05, 0.1) is 6.10 Å². The SMILES string of the molecule is CC1CC(NCC(O)c2ccsc2)CN1C. The van der Waals surface area contributed by atoms with Crippen LogP contribution in [0, 0.1) is 0 Å². The lowest BCUT2D eigenvalue weighted by atomic mass is 10.1. The molecule has 1 fully saturated rings. The lowest BCUT2D eigenvalue weighted by Gasteiger charge is -2.15. The van der Waals surface area contributed by atoms with Crippen LogP contribution >= 0.6 is 11.3 Å². The first-order valence-corrected chi connectivity index (χ1v) is 6.75. The summed E-state index contributed by atoms with van der Waals surface area (Å²) in [5.41, 5.74) is 1.02. The van der Waals surface area contributed by atoms with E-state index in [9.17, 15) is 5.11 Å². The highest BCUT2D eigenvalue weighted by atomic mass is 32.1. The summed E-state index contributed by atoms with van der Waals surface area (Å²) in [7, 11) is 2.15. The minimum absolute atomic E-state index is 0.368. The van der Waals surface area contributed by atoms with E-state index in [1.807, 2.05) is 16.8 Å². The highest BCUT2D eigenvalue weighted by molar-refractivity contribution is 7.07. The first-order chi connectivity index (χ1) is 7.66. The lowest BCUT2D eigenvalue weighted by Crippen LogP contribution is -2.34. The maximum atomic E-state index is 9.93. The van der Waals surface area contributed by atoms with Crippen molar-refractivity contribution in [3.63, 3.8) is 0 Å². The van der Waals surface area contributed by atoms with Crippen molar-refractivity contribution in [2.45, 2.75) is 31.5 Å². The third kappa shape index (κ3) is 2.83. The molecule has 0 aliphatic carbocycles. The van der Waals surface area contributed by atoms with E-state index in [1.54, 1.807) is 11.3 Å². The van der Waals surface area contributed by atoms with Crippen LogP contribution < -0.4 is 5.32 Å². The average Bonchev–Trinajstić information content (AvgIpc) is 2.86. The van der Waals surface area contributed by atoms with E-state index in [1.165, 1.54) is 6.42 Å². The molecule has 0 bridgehead atoms. The first kappa shape index (κ1) is 12.0. The predicted molar refractivity (Wildman–Crippen MR) is 67.8 cm³/mol. The molecule has 90 valence electrons. The van der Waals surface area contributed by atoms with Gasteiger partial charge in [-0.1, -0.05) is 0 Å². The number of thiophene rings is 1.